The van der Waals surface area contributed by atoms with E-state index in [-0.39, 0.29) is 30.4 Å². The van der Waals surface area contributed by atoms with Gasteiger partial charge in [-0.1, -0.05) is 0 Å². The second-order valence-electron chi connectivity index (χ2n) is 7.11. The molecule has 0 bridgehead atoms. The van der Waals surface area contributed by atoms with Crippen molar-refractivity contribution in [3.63, 3.8) is 0 Å². The molecule has 2 aromatic rings. The molecule has 7 heteroatoms. The summed E-state index contributed by atoms with van der Waals surface area (Å²) in [6, 6.07) is 12.0. The van der Waals surface area contributed by atoms with E-state index in [1.54, 1.807) is 61.6 Å². The van der Waals surface area contributed by atoms with Gasteiger partial charge >= 0.3 is 0 Å². The van der Waals surface area contributed by atoms with Gasteiger partial charge in [-0.3, -0.25) is 9.59 Å². The molecule has 1 atom stereocenters. The number of anilines is 1. The molecule has 1 fully saturated rings. The number of hydrogen-bond acceptors (Lipinski definition) is 5. The molecular weight excluding hydrogens is 372 g/mol. The zero-order valence-electron chi connectivity index (χ0n) is 17.1. The van der Waals surface area contributed by atoms with E-state index in [4.69, 9.17) is 14.2 Å². The van der Waals surface area contributed by atoms with Gasteiger partial charge in [-0.2, -0.15) is 0 Å². The Hall–Kier alpha value is -3.22. The minimum absolute atomic E-state index is 0.0526. The smallest absolute Gasteiger partial charge is 0.251 e. The molecule has 0 spiro atoms. The molecule has 3 rings (SSSR count). The standard InChI is InChI=1S/C22H26N2O5/c1-14(2)29-18-8-5-15(6-9-18)22(26)23-16-11-21(25)24(13-16)17-7-10-19(27-3)20(12-17)28-4/h5-10,12,14,16H,11,13H2,1-4H3,(H,23,26)/t16-/m0/s1. The van der Waals surface area contributed by atoms with Gasteiger partial charge in [0.25, 0.3) is 5.91 Å². The van der Waals surface area contributed by atoms with E-state index < -0.39 is 0 Å². The van der Waals surface area contributed by atoms with Crippen LogP contribution in [0.1, 0.15) is 30.6 Å². The predicted octanol–water partition coefficient (Wildman–Crippen LogP) is 3.03. The van der Waals surface area contributed by atoms with Crippen LogP contribution in [-0.2, 0) is 4.79 Å². The second kappa shape index (κ2) is 8.86. The van der Waals surface area contributed by atoms with E-state index in [1.807, 2.05) is 13.8 Å². The maximum Gasteiger partial charge on any atom is 0.251 e. The maximum absolute atomic E-state index is 12.5. The number of hydrogen-bond donors (Lipinski definition) is 1. The molecule has 7 nitrogen and oxygen atoms in total. The zero-order chi connectivity index (χ0) is 21.0. The summed E-state index contributed by atoms with van der Waals surface area (Å²) < 4.78 is 16.1. The fraction of sp³-hybridized carbons (Fsp3) is 0.364. The third-order valence-electron chi connectivity index (χ3n) is 4.63. The lowest BCUT2D eigenvalue weighted by Gasteiger charge is -2.19. The van der Waals surface area contributed by atoms with Gasteiger partial charge in [0, 0.05) is 30.3 Å². The molecular formula is C22H26N2O5. The van der Waals surface area contributed by atoms with Gasteiger partial charge in [0.1, 0.15) is 5.75 Å². The number of nitrogens with zero attached hydrogens (tertiary/aromatic N) is 1. The van der Waals surface area contributed by atoms with E-state index >= 15 is 0 Å². The largest absolute Gasteiger partial charge is 0.493 e. The van der Waals surface area contributed by atoms with Crippen molar-refractivity contribution < 1.29 is 23.8 Å². The van der Waals surface area contributed by atoms with E-state index in [2.05, 4.69) is 5.32 Å². The second-order valence-corrected chi connectivity index (χ2v) is 7.11. The first kappa shape index (κ1) is 20.5. The van der Waals surface area contributed by atoms with Crippen molar-refractivity contribution in [3.05, 3.63) is 48.0 Å². The van der Waals surface area contributed by atoms with Crippen LogP contribution < -0.4 is 24.4 Å². The summed E-state index contributed by atoms with van der Waals surface area (Å²) in [6.07, 6.45) is 0.316. The molecule has 1 aliphatic heterocycles. The van der Waals surface area contributed by atoms with Gasteiger partial charge in [0.2, 0.25) is 5.91 Å². The molecule has 0 radical (unpaired) electrons. The average molecular weight is 398 g/mol. The Morgan fingerprint density at radius 3 is 2.38 bits per heavy atom. The van der Waals surface area contributed by atoms with Crippen LogP contribution in [0.25, 0.3) is 0 Å². The van der Waals surface area contributed by atoms with Crippen molar-refractivity contribution in [1.29, 1.82) is 0 Å². The highest BCUT2D eigenvalue weighted by molar-refractivity contribution is 5.99. The Balaban J connectivity index is 1.65. The maximum atomic E-state index is 12.5. The fourth-order valence-corrected chi connectivity index (χ4v) is 3.27. The first-order chi connectivity index (χ1) is 13.9. The average Bonchev–Trinajstić information content (AvgIpc) is 3.07. The molecule has 1 N–H and O–H groups in total. The molecule has 0 aliphatic carbocycles. The highest BCUT2D eigenvalue weighted by atomic mass is 16.5. The Kier molecular flexibility index (Phi) is 6.26. The van der Waals surface area contributed by atoms with Crippen LogP contribution in [0.3, 0.4) is 0 Å². The van der Waals surface area contributed by atoms with Gasteiger partial charge in [0.05, 0.1) is 26.4 Å². The predicted molar refractivity (Wildman–Crippen MR) is 110 cm³/mol. The van der Waals surface area contributed by atoms with Crippen molar-refractivity contribution in [2.24, 2.45) is 0 Å². The summed E-state index contributed by atoms with van der Waals surface area (Å²) in [6.45, 7) is 4.29. The Bertz CT molecular complexity index is 879. The zero-order valence-corrected chi connectivity index (χ0v) is 17.1. The van der Waals surface area contributed by atoms with Crippen molar-refractivity contribution in [2.75, 3.05) is 25.7 Å². The quantitative estimate of drug-likeness (QED) is 0.776. The number of carbonyl (C=O) groups excluding carboxylic acids is 2. The normalized spacial score (nSPS) is 16.1. The minimum atomic E-state index is -0.269. The number of ether oxygens (including phenoxy) is 3. The Morgan fingerprint density at radius 1 is 1.07 bits per heavy atom. The fourth-order valence-electron chi connectivity index (χ4n) is 3.27. The van der Waals surface area contributed by atoms with Crippen LogP contribution >= 0.6 is 0 Å². The first-order valence-corrected chi connectivity index (χ1v) is 9.51. The van der Waals surface area contributed by atoms with Crippen LogP contribution in [0.2, 0.25) is 0 Å². The van der Waals surface area contributed by atoms with Gasteiger partial charge < -0.3 is 24.4 Å². The van der Waals surface area contributed by atoms with E-state index in [0.717, 1.165) is 0 Å². The molecule has 2 amide bonds. The SMILES string of the molecule is COc1ccc(N2C[C@@H](NC(=O)c3ccc(OC(C)C)cc3)CC2=O)cc1OC. The van der Waals surface area contributed by atoms with Gasteiger partial charge in [-0.25, -0.2) is 0 Å². The number of rotatable bonds is 7. The highest BCUT2D eigenvalue weighted by Crippen LogP contribution is 2.33. The van der Waals surface area contributed by atoms with E-state index in [1.165, 1.54) is 0 Å². The van der Waals surface area contributed by atoms with Crippen molar-refractivity contribution >= 4 is 17.5 Å². The molecule has 0 aromatic heterocycles. The third kappa shape index (κ3) is 4.80. The topological polar surface area (TPSA) is 77.1 Å². The summed E-state index contributed by atoms with van der Waals surface area (Å²) in [7, 11) is 3.11. The lowest BCUT2D eigenvalue weighted by Crippen LogP contribution is -2.37. The summed E-state index contributed by atoms with van der Waals surface area (Å²) >= 11 is 0. The van der Waals surface area contributed by atoms with Crippen LogP contribution in [0.5, 0.6) is 17.2 Å². The number of amides is 2. The minimum Gasteiger partial charge on any atom is -0.493 e. The highest BCUT2D eigenvalue weighted by Gasteiger charge is 2.32. The van der Waals surface area contributed by atoms with E-state index in [0.29, 0.717) is 35.0 Å². The number of benzene rings is 2. The summed E-state index contributed by atoms with van der Waals surface area (Å²) in [5.74, 6) is 1.59. The van der Waals surface area contributed by atoms with E-state index in [9.17, 15) is 9.59 Å². The van der Waals surface area contributed by atoms with Gasteiger partial charge in [-0.05, 0) is 50.2 Å². The third-order valence-corrected chi connectivity index (χ3v) is 4.63. The van der Waals surface area contributed by atoms with Crippen LogP contribution in [-0.4, -0.2) is 44.7 Å². The summed E-state index contributed by atoms with van der Waals surface area (Å²) in [5.41, 5.74) is 1.23. The van der Waals surface area contributed by atoms with Crippen LogP contribution in [0.4, 0.5) is 5.69 Å². The van der Waals surface area contributed by atoms with Crippen molar-refractivity contribution in [1.82, 2.24) is 5.32 Å². The molecule has 0 saturated carbocycles. The molecule has 154 valence electrons. The Morgan fingerprint density at radius 2 is 1.76 bits per heavy atom. The molecule has 1 aliphatic rings. The number of carbonyl (C=O) groups is 2. The summed E-state index contributed by atoms with van der Waals surface area (Å²) in [5, 5.41) is 2.94. The van der Waals surface area contributed by atoms with Crippen LogP contribution in [0.15, 0.2) is 42.5 Å². The lowest BCUT2D eigenvalue weighted by molar-refractivity contribution is -0.117. The molecule has 1 heterocycles. The van der Waals surface area contributed by atoms with Gasteiger partial charge in [-0.15, -0.1) is 0 Å². The first-order valence-electron chi connectivity index (χ1n) is 9.51. The molecule has 1 saturated heterocycles. The molecule has 0 unspecified atom stereocenters. The Labute approximate surface area is 170 Å². The number of methoxy groups -OCH3 is 2. The molecule has 2 aromatic carbocycles. The number of nitrogens with one attached hydrogen (secondary N) is 1. The van der Waals surface area contributed by atoms with Crippen molar-refractivity contribution in [3.8, 4) is 17.2 Å². The summed E-state index contributed by atoms with van der Waals surface area (Å²) in [4.78, 5) is 26.7. The van der Waals surface area contributed by atoms with Crippen LogP contribution in [0, 0.1) is 0 Å². The molecule has 29 heavy (non-hydrogen) atoms. The van der Waals surface area contributed by atoms with Crippen molar-refractivity contribution in [2.45, 2.75) is 32.4 Å². The monoisotopic (exact) mass is 398 g/mol. The lowest BCUT2D eigenvalue weighted by atomic mass is 10.1. The van der Waals surface area contributed by atoms with Gasteiger partial charge in [0.15, 0.2) is 11.5 Å².